The van der Waals surface area contributed by atoms with Crippen molar-refractivity contribution >= 4 is 29.2 Å². The fourth-order valence-corrected chi connectivity index (χ4v) is 4.68. The van der Waals surface area contributed by atoms with E-state index in [1.807, 2.05) is 6.92 Å². The minimum atomic E-state index is -4.41. The van der Waals surface area contributed by atoms with Crippen molar-refractivity contribution in [2.45, 2.75) is 57.2 Å². The molecule has 1 aromatic heterocycles. The van der Waals surface area contributed by atoms with Crippen LogP contribution in [0, 0.1) is 6.92 Å². The number of oxime groups is 1. The summed E-state index contributed by atoms with van der Waals surface area (Å²) in [6.45, 7) is 1.86. The lowest BCUT2D eigenvalue weighted by Crippen LogP contribution is -2.31. The van der Waals surface area contributed by atoms with E-state index < -0.39 is 11.7 Å². The number of benzene rings is 2. The number of hydrogen-bond acceptors (Lipinski definition) is 3. The highest BCUT2D eigenvalue weighted by atomic mass is 35.5. The molecule has 1 N–H and O–H groups in total. The average molecular weight is 450 g/mol. The van der Waals surface area contributed by atoms with Crippen molar-refractivity contribution in [1.82, 2.24) is 9.97 Å². The van der Waals surface area contributed by atoms with Gasteiger partial charge in [-0.15, -0.1) is 12.4 Å². The van der Waals surface area contributed by atoms with E-state index in [-0.39, 0.29) is 23.6 Å². The summed E-state index contributed by atoms with van der Waals surface area (Å²) in [5.74, 6) is 0.636. The average Bonchev–Trinajstić information content (AvgIpc) is 3.33. The lowest BCUT2D eigenvalue weighted by molar-refractivity contribution is -0.137. The van der Waals surface area contributed by atoms with Crippen molar-refractivity contribution < 1.29 is 18.0 Å². The first-order valence-corrected chi connectivity index (χ1v) is 10.3. The Labute approximate surface area is 184 Å². The number of fused-ring (bicyclic) bond motifs is 1. The van der Waals surface area contributed by atoms with Crippen LogP contribution in [-0.2, 0) is 11.0 Å². The van der Waals surface area contributed by atoms with Crippen molar-refractivity contribution in [2.75, 3.05) is 0 Å². The van der Waals surface area contributed by atoms with Gasteiger partial charge >= 0.3 is 6.18 Å². The van der Waals surface area contributed by atoms with Crippen LogP contribution in [0.2, 0.25) is 0 Å². The zero-order valence-electron chi connectivity index (χ0n) is 17.1. The molecular weight excluding hydrogens is 427 g/mol. The summed E-state index contributed by atoms with van der Waals surface area (Å²) in [5.41, 5.74) is 2.85. The predicted molar refractivity (Wildman–Crippen MR) is 117 cm³/mol. The SMILES string of the molecule is Cc1cc(-c2ccccc2C(F)(F)F)cc2[nH]c(C3=NOC4(CCCCC4)C3)nc12.Cl. The fourth-order valence-electron chi connectivity index (χ4n) is 4.68. The molecule has 2 aromatic carbocycles. The Kier molecular flexibility index (Phi) is 5.50. The molecule has 5 rings (SSSR count). The number of aryl methyl sites for hydroxylation is 1. The smallest absolute Gasteiger partial charge is 0.388 e. The summed E-state index contributed by atoms with van der Waals surface area (Å²) in [4.78, 5) is 13.8. The van der Waals surface area contributed by atoms with E-state index in [4.69, 9.17) is 4.84 Å². The molecule has 164 valence electrons. The first-order chi connectivity index (χ1) is 14.3. The maximum atomic E-state index is 13.5. The first kappa shape index (κ1) is 21.7. The Balaban J connectivity index is 0.00000231. The first-order valence-electron chi connectivity index (χ1n) is 10.3. The number of imidazole rings is 1. The third kappa shape index (κ3) is 3.91. The van der Waals surface area contributed by atoms with Crippen molar-refractivity contribution in [1.29, 1.82) is 0 Å². The van der Waals surface area contributed by atoms with Gasteiger partial charge in [0, 0.05) is 6.42 Å². The third-order valence-electron chi connectivity index (χ3n) is 6.20. The maximum absolute atomic E-state index is 13.5. The van der Waals surface area contributed by atoms with E-state index in [0.29, 0.717) is 16.9 Å². The van der Waals surface area contributed by atoms with Gasteiger partial charge in [-0.3, -0.25) is 0 Å². The monoisotopic (exact) mass is 449 g/mol. The summed E-state index contributed by atoms with van der Waals surface area (Å²) in [6, 6.07) is 9.13. The number of alkyl halides is 3. The molecule has 4 nitrogen and oxygen atoms in total. The normalized spacial score (nSPS) is 18.0. The molecule has 1 saturated carbocycles. The number of nitrogens with zero attached hydrogens (tertiary/aromatic N) is 2. The minimum absolute atomic E-state index is 0. The Morgan fingerprint density at radius 1 is 1.06 bits per heavy atom. The number of aromatic amines is 1. The lowest BCUT2D eigenvalue weighted by Gasteiger charge is -2.30. The van der Waals surface area contributed by atoms with E-state index in [1.54, 1.807) is 18.2 Å². The van der Waals surface area contributed by atoms with Gasteiger partial charge < -0.3 is 9.82 Å². The van der Waals surface area contributed by atoms with Gasteiger partial charge in [0.25, 0.3) is 0 Å². The van der Waals surface area contributed by atoms with Crippen molar-refractivity contribution in [3.63, 3.8) is 0 Å². The van der Waals surface area contributed by atoms with E-state index in [2.05, 4.69) is 15.1 Å². The van der Waals surface area contributed by atoms with Crippen molar-refractivity contribution in [3.8, 4) is 11.1 Å². The fraction of sp³-hybridized carbons (Fsp3) is 0.391. The Hall–Kier alpha value is -2.54. The van der Waals surface area contributed by atoms with Gasteiger partial charge in [0.05, 0.1) is 16.6 Å². The van der Waals surface area contributed by atoms with E-state index in [9.17, 15) is 13.2 Å². The molecule has 2 heterocycles. The maximum Gasteiger partial charge on any atom is 0.417 e. The highest BCUT2D eigenvalue weighted by molar-refractivity contribution is 6.01. The standard InChI is InChI=1S/C23H22F3N3O.ClH/c1-14-11-15(16-7-3-4-8-17(16)23(24,25)26)12-18-20(14)28-21(27-18)19-13-22(30-29-19)9-5-2-6-10-22;/h3-4,7-8,11-12H,2,5-6,9-10,13H2,1H3,(H,27,28);1H. The van der Waals surface area contributed by atoms with Crippen molar-refractivity contribution in [2.24, 2.45) is 5.16 Å². The number of H-pyrrole nitrogens is 1. The Morgan fingerprint density at radius 2 is 1.81 bits per heavy atom. The molecule has 0 amide bonds. The third-order valence-corrected chi connectivity index (χ3v) is 6.20. The molecule has 1 fully saturated rings. The molecule has 1 spiro atoms. The Bertz CT molecular complexity index is 1150. The molecule has 0 radical (unpaired) electrons. The molecule has 8 heteroatoms. The van der Waals surface area contributed by atoms with Crippen LogP contribution in [-0.4, -0.2) is 21.3 Å². The molecule has 31 heavy (non-hydrogen) atoms. The lowest BCUT2D eigenvalue weighted by atomic mass is 9.81. The van der Waals surface area contributed by atoms with Crippen LogP contribution in [0.15, 0.2) is 41.6 Å². The second-order valence-corrected chi connectivity index (χ2v) is 8.37. The van der Waals surface area contributed by atoms with Gasteiger partial charge in [0.1, 0.15) is 11.3 Å². The van der Waals surface area contributed by atoms with Gasteiger partial charge in [-0.2, -0.15) is 13.2 Å². The molecule has 1 aliphatic heterocycles. The van der Waals surface area contributed by atoms with E-state index in [1.165, 1.54) is 18.6 Å². The van der Waals surface area contributed by atoms with E-state index >= 15 is 0 Å². The van der Waals surface area contributed by atoms with Crippen LogP contribution in [0.25, 0.3) is 22.2 Å². The summed E-state index contributed by atoms with van der Waals surface area (Å²) in [5, 5.41) is 4.31. The van der Waals surface area contributed by atoms with Crippen LogP contribution in [0.3, 0.4) is 0 Å². The zero-order valence-corrected chi connectivity index (χ0v) is 17.9. The number of halogens is 4. The summed E-state index contributed by atoms with van der Waals surface area (Å²) >= 11 is 0. The van der Waals surface area contributed by atoms with Gasteiger partial charge in [-0.05, 0) is 67.5 Å². The minimum Gasteiger partial charge on any atom is -0.388 e. The molecule has 0 bridgehead atoms. The second-order valence-electron chi connectivity index (χ2n) is 8.37. The molecular formula is C23H23ClF3N3O. The zero-order chi connectivity index (χ0) is 20.9. The second kappa shape index (κ2) is 7.86. The number of nitrogens with one attached hydrogen (secondary N) is 1. The summed E-state index contributed by atoms with van der Waals surface area (Å²) in [7, 11) is 0. The highest BCUT2D eigenvalue weighted by Crippen LogP contribution is 2.40. The molecule has 0 unspecified atom stereocenters. The van der Waals surface area contributed by atoms with Crippen molar-refractivity contribution in [3.05, 3.63) is 53.3 Å². The number of aromatic nitrogens is 2. The van der Waals surface area contributed by atoms with Crippen LogP contribution < -0.4 is 0 Å². The molecule has 0 saturated heterocycles. The van der Waals surface area contributed by atoms with Crippen LogP contribution in [0.1, 0.15) is 55.5 Å². The molecule has 3 aromatic rings. The summed E-state index contributed by atoms with van der Waals surface area (Å²) < 4.78 is 40.4. The van der Waals surface area contributed by atoms with Gasteiger partial charge in [0.2, 0.25) is 0 Å². The number of rotatable bonds is 2. The Morgan fingerprint density at radius 3 is 2.55 bits per heavy atom. The number of hydrogen-bond donors (Lipinski definition) is 1. The van der Waals surface area contributed by atoms with Crippen LogP contribution >= 0.6 is 12.4 Å². The molecule has 0 atom stereocenters. The quantitative estimate of drug-likeness (QED) is 0.467. The predicted octanol–water partition coefficient (Wildman–Crippen LogP) is 6.81. The molecule has 1 aliphatic carbocycles. The van der Waals surface area contributed by atoms with Gasteiger partial charge in [0.15, 0.2) is 5.82 Å². The molecule has 2 aliphatic rings. The van der Waals surface area contributed by atoms with Crippen LogP contribution in [0.4, 0.5) is 13.2 Å². The van der Waals surface area contributed by atoms with Gasteiger partial charge in [-0.1, -0.05) is 29.8 Å². The largest absolute Gasteiger partial charge is 0.417 e. The highest BCUT2D eigenvalue weighted by Gasteiger charge is 2.41. The van der Waals surface area contributed by atoms with Gasteiger partial charge in [-0.25, -0.2) is 4.98 Å². The van der Waals surface area contributed by atoms with E-state index in [0.717, 1.165) is 55.0 Å². The van der Waals surface area contributed by atoms with Crippen LogP contribution in [0.5, 0.6) is 0 Å². The topological polar surface area (TPSA) is 50.3 Å². The summed E-state index contributed by atoms with van der Waals surface area (Å²) in [6.07, 6.45) is 1.81.